The largest absolute Gasteiger partial charge is 0.453 e. The second-order valence-corrected chi connectivity index (χ2v) is 13.4. The molecule has 0 spiro atoms. The molecule has 2 amide bonds. The normalized spacial score (nSPS) is 23.4. The molecular formula is C27H34N2O8S2. The molecule has 0 radical (unpaired) electrons. The molecule has 2 aliphatic rings. The van der Waals surface area contributed by atoms with Crippen molar-refractivity contribution in [3.05, 3.63) is 41.3 Å². The van der Waals surface area contributed by atoms with Crippen molar-refractivity contribution in [2.24, 2.45) is 0 Å². The number of thiophene rings is 1. The molecule has 0 bridgehead atoms. The van der Waals surface area contributed by atoms with E-state index < -0.39 is 44.8 Å². The average Bonchev–Trinajstić information content (AvgIpc) is 3.40. The Bertz CT molecular complexity index is 1300. The number of carbonyl (C=O) groups excluding carboxylic acids is 3. The summed E-state index contributed by atoms with van der Waals surface area (Å²) in [5.41, 5.74) is 3.70. The third kappa shape index (κ3) is 7.05. The Morgan fingerprint density at radius 3 is 2.69 bits per heavy atom. The zero-order valence-electron chi connectivity index (χ0n) is 22.1. The fourth-order valence-electron chi connectivity index (χ4n) is 4.88. The van der Waals surface area contributed by atoms with E-state index in [-0.39, 0.29) is 12.2 Å². The first-order valence-corrected chi connectivity index (χ1v) is 15.5. The first-order valence-electron chi connectivity index (χ1n) is 13.1. The van der Waals surface area contributed by atoms with E-state index in [0.29, 0.717) is 42.9 Å². The average molecular weight is 579 g/mol. The predicted molar refractivity (Wildman–Crippen MR) is 146 cm³/mol. The summed E-state index contributed by atoms with van der Waals surface area (Å²) in [5.74, 6) is -1.50. The minimum absolute atomic E-state index is 0.0160. The number of sulfone groups is 1. The van der Waals surface area contributed by atoms with Gasteiger partial charge in [-0.25, -0.2) is 18.7 Å². The van der Waals surface area contributed by atoms with Gasteiger partial charge in [-0.15, -0.1) is 11.3 Å². The van der Waals surface area contributed by atoms with Crippen molar-refractivity contribution in [1.82, 2.24) is 5.48 Å². The maximum Gasteiger partial charge on any atom is 0.303 e. The Morgan fingerprint density at radius 1 is 1.15 bits per heavy atom. The van der Waals surface area contributed by atoms with Crippen molar-refractivity contribution in [3.8, 4) is 10.4 Å². The van der Waals surface area contributed by atoms with E-state index in [1.807, 2.05) is 12.1 Å². The number of carbonyl (C=O) groups is 3. The van der Waals surface area contributed by atoms with Gasteiger partial charge in [0.1, 0.15) is 4.75 Å². The monoisotopic (exact) mass is 578 g/mol. The zero-order valence-corrected chi connectivity index (χ0v) is 23.7. The van der Waals surface area contributed by atoms with Gasteiger partial charge in [-0.1, -0.05) is 18.6 Å². The van der Waals surface area contributed by atoms with Crippen LogP contribution in [0.1, 0.15) is 63.7 Å². The molecule has 212 valence electrons. The summed E-state index contributed by atoms with van der Waals surface area (Å²) < 4.78 is 36.0. The van der Waals surface area contributed by atoms with E-state index in [1.165, 1.54) is 25.2 Å². The van der Waals surface area contributed by atoms with E-state index in [0.717, 1.165) is 23.3 Å². The van der Waals surface area contributed by atoms with Crippen LogP contribution in [0.3, 0.4) is 0 Å². The smallest absolute Gasteiger partial charge is 0.303 e. The lowest BCUT2D eigenvalue weighted by atomic mass is 9.94. The number of ether oxygens (including phenoxy) is 2. The molecule has 1 unspecified atom stereocenters. The van der Waals surface area contributed by atoms with Gasteiger partial charge < -0.3 is 14.8 Å². The molecule has 39 heavy (non-hydrogen) atoms. The Hall–Kier alpha value is -2.80. The Kier molecular flexibility index (Phi) is 9.42. The summed E-state index contributed by atoms with van der Waals surface area (Å²) in [5, 5.41) is 2.73. The number of esters is 1. The van der Waals surface area contributed by atoms with Gasteiger partial charge in [0.2, 0.25) is 5.91 Å². The van der Waals surface area contributed by atoms with E-state index >= 15 is 0 Å². The van der Waals surface area contributed by atoms with Gasteiger partial charge in [0, 0.05) is 35.4 Å². The second-order valence-electron chi connectivity index (χ2n) is 9.87. The molecule has 2 saturated heterocycles. The van der Waals surface area contributed by atoms with Crippen molar-refractivity contribution in [1.29, 1.82) is 0 Å². The third-order valence-corrected chi connectivity index (χ3v) is 11.0. The molecule has 0 saturated carbocycles. The number of amides is 2. The van der Waals surface area contributed by atoms with Crippen LogP contribution in [0.15, 0.2) is 36.4 Å². The Labute approximate surface area is 232 Å². The van der Waals surface area contributed by atoms with E-state index in [9.17, 15) is 22.8 Å². The molecule has 2 aliphatic heterocycles. The summed E-state index contributed by atoms with van der Waals surface area (Å²) in [6.45, 7) is 3.28. The highest BCUT2D eigenvalue weighted by atomic mass is 32.2. The van der Waals surface area contributed by atoms with Crippen LogP contribution in [0.5, 0.6) is 0 Å². The van der Waals surface area contributed by atoms with Crippen LogP contribution in [0.4, 0.5) is 5.69 Å². The molecular weight excluding hydrogens is 544 g/mol. The molecule has 1 aromatic heterocycles. The number of rotatable bonds is 9. The van der Waals surface area contributed by atoms with Crippen LogP contribution in [0.2, 0.25) is 0 Å². The lowest BCUT2D eigenvalue weighted by Gasteiger charge is -2.35. The van der Waals surface area contributed by atoms with Gasteiger partial charge in [-0.2, -0.15) is 0 Å². The minimum atomic E-state index is -3.62. The van der Waals surface area contributed by atoms with Crippen molar-refractivity contribution in [2.45, 2.75) is 75.9 Å². The van der Waals surface area contributed by atoms with Crippen molar-refractivity contribution < 1.29 is 37.1 Å². The number of anilines is 1. The number of hydroxylamine groups is 1. The van der Waals surface area contributed by atoms with E-state index in [2.05, 4.69) is 10.8 Å². The number of benzene rings is 1. The third-order valence-electron chi connectivity index (χ3n) is 6.91. The summed E-state index contributed by atoms with van der Waals surface area (Å²) in [6.07, 6.45) is 2.42. The Morgan fingerprint density at radius 2 is 1.97 bits per heavy atom. The molecule has 2 aromatic rings. The maximum atomic E-state index is 13.5. The molecule has 2 N–H and O–H groups in total. The van der Waals surface area contributed by atoms with E-state index in [1.54, 1.807) is 24.3 Å². The van der Waals surface area contributed by atoms with Gasteiger partial charge >= 0.3 is 5.97 Å². The second kappa shape index (κ2) is 12.6. The first-order chi connectivity index (χ1) is 18.6. The van der Waals surface area contributed by atoms with Gasteiger partial charge in [0.15, 0.2) is 22.2 Å². The zero-order chi connectivity index (χ0) is 28.0. The van der Waals surface area contributed by atoms with Crippen LogP contribution in [0, 0.1) is 0 Å². The SMILES string of the molecule is CC(=O)O[C@@H](C)C(=O)Nc1cccc(-c2ccc([C@@]3(CC(=O)NOC4CCCCO4)CCCCS3(=O)=O)s2)c1. The fraction of sp³-hybridized carbons (Fsp3) is 0.519. The molecule has 3 heterocycles. The summed E-state index contributed by atoms with van der Waals surface area (Å²) in [4.78, 5) is 43.3. The van der Waals surface area contributed by atoms with E-state index in [4.69, 9.17) is 14.3 Å². The molecule has 2 fully saturated rings. The highest BCUT2D eigenvalue weighted by molar-refractivity contribution is 7.92. The van der Waals surface area contributed by atoms with Crippen LogP contribution in [0.25, 0.3) is 10.4 Å². The van der Waals surface area contributed by atoms with Crippen LogP contribution < -0.4 is 10.8 Å². The lowest BCUT2D eigenvalue weighted by molar-refractivity contribution is -0.200. The summed E-state index contributed by atoms with van der Waals surface area (Å²) in [7, 11) is -3.62. The molecule has 10 nitrogen and oxygen atoms in total. The molecule has 12 heteroatoms. The predicted octanol–water partition coefficient (Wildman–Crippen LogP) is 4.06. The highest BCUT2D eigenvalue weighted by Gasteiger charge is 2.49. The highest BCUT2D eigenvalue weighted by Crippen LogP contribution is 2.47. The van der Waals surface area contributed by atoms with Gasteiger partial charge in [0.05, 0.1) is 12.2 Å². The number of hydrogen-bond acceptors (Lipinski definition) is 9. The first kappa shape index (κ1) is 29.2. The fourth-order valence-corrected chi connectivity index (χ4v) is 8.66. The standard InChI is InChI=1S/C27H34N2O8S2/c1-18(36-19(2)30)26(32)28-21-9-7-8-20(16-21)22-11-12-23(38-22)27(13-4-6-15-39(27,33)34)17-24(31)29-37-25-10-3-5-14-35-25/h7-9,11-12,16,18,25H,3-6,10,13-15,17H2,1-2H3,(H,28,32)(H,29,31)/t18-,25?,27-/m0/s1. The molecule has 0 aliphatic carbocycles. The van der Waals surface area contributed by atoms with Gasteiger partial charge in [0.25, 0.3) is 5.91 Å². The minimum Gasteiger partial charge on any atom is -0.453 e. The maximum absolute atomic E-state index is 13.5. The molecule has 1 aromatic carbocycles. The van der Waals surface area contributed by atoms with Crippen LogP contribution >= 0.6 is 11.3 Å². The van der Waals surface area contributed by atoms with Crippen molar-refractivity contribution in [3.63, 3.8) is 0 Å². The number of hydrogen-bond donors (Lipinski definition) is 2. The summed E-state index contributed by atoms with van der Waals surface area (Å²) >= 11 is 1.32. The quantitative estimate of drug-likeness (QED) is 0.336. The van der Waals surface area contributed by atoms with Crippen LogP contribution in [-0.2, 0) is 43.3 Å². The summed E-state index contributed by atoms with van der Waals surface area (Å²) in [6, 6.07) is 10.7. The van der Waals surface area contributed by atoms with Crippen LogP contribution in [-0.4, -0.2) is 51.0 Å². The van der Waals surface area contributed by atoms with Gasteiger partial charge in [-0.3, -0.25) is 14.4 Å². The lowest BCUT2D eigenvalue weighted by Crippen LogP contribution is -2.45. The molecule has 4 rings (SSSR count). The Balaban J connectivity index is 1.53. The number of nitrogens with one attached hydrogen (secondary N) is 2. The topological polar surface area (TPSA) is 137 Å². The van der Waals surface area contributed by atoms with Crippen molar-refractivity contribution >= 4 is 44.6 Å². The van der Waals surface area contributed by atoms with Crippen molar-refractivity contribution in [2.75, 3.05) is 17.7 Å². The van der Waals surface area contributed by atoms with Gasteiger partial charge in [-0.05, 0) is 62.4 Å². The molecule has 3 atom stereocenters.